The molecule has 0 aromatic heterocycles. The summed E-state index contributed by atoms with van der Waals surface area (Å²) in [5, 5.41) is 12.2. The molecule has 1 aromatic rings. The van der Waals surface area contributed by atoms with Gasteiger partial charge >= 0.3 is 12.1 Å². The highest BCUT2D eigenvalue weighted by Gasteiger charge is 2.39. The molecule has 0 fully saturated rings. The fourth-order valence-corrected chi connectivity index (χ4v) is 1.99. The van der Waals surface area contributed by atoms with E-state index in [1.807, 2.05) is 31.2 Å². The lowest BCUT2D eigenvalue weighted by atomic mass is 9.80. The van der Waals surface area contributed by atoms with Crippen LogP contribution in [-0.2, 0) is 9.53 Å². The topological polar surface area (TPSA) is 75.6 Å². The van der Waals surface area contributed by atoms with E-state index in [-0.39, 0.29) is 0 Å². The van der Waals surface area contributed by atoms with E-state index in [0.29, 0.717) is 0 Å². The Bertz CT molecular complexity index is 541. The second-order valence-corrected chi connectivity index (χ2v) is 7.02. The third kappa shape index (κ3) is 4.76. The number of rotatable bonds is 4. The molecule has 0 aliphatic carbocycles. The molecule has 1 rings (SSSR count). The largest absolute Gasteiger partial charge is 0.481 e. The molecule has 1 aromatic carbocycles. The van der Waals surface area contributed by atoms with Crippen LogP contribution in [-0.4, -0.2) is 22.8 Å². The Kier molecular flexibility index (Phi) is 5.22. The summed E-state index contributed by atoms with van der Waals surface area (Å²) in [6.07, 6.45) is -0.632. The molecule has 0 heterocycles. The van der Waals surface area contributed by atoms with Gasteiger partial charge in [0, 0.05) is 0 Å². The number of amides is 1. The van der Waals surface area contributed by atoms with Crippen LogP contribution in [0.2, 0.25) is 0 Å². The zero-order valence-electron chi connectivity index (χ0n) is 14.1. The molecule has 0 spiro atoms. The number of carboxylic acids is 1. The molecule has 1 amide bonds. The lowest BCUT2D eigenvalue weighted by molar-refractivity contribution is -0.148. The van der Waals surface area contributed by atoms with Crippen LogP contribution < -0.4 is 5.32 Å². The molecular weight excluding hydrogens is 282 g/mol. The van der Waals surface area contributed by atoms with Crippen molar-refractivity contribution in [3.8, 4) is 0 Å². The number of hydrogen-bond acceptors (Lipinski definition) is 3. The summed E-state index contributed by atoms with van der Waals surface area (Å²) in [6.45, 7) is 10.4. The van der Waals surface area contributed by atoms with Crippen molar-refractivity contribution in [2.24, 2.45) is 5.41 Å². The van der Waals surface area contributed by atoms with Gasteiger partial charge in [-0.05, 0) is 47.1 Å². The molecule has 0 bridgehead atoms. The molecule has 1 atom stereocenters. The van der Waals surface area contributed by atoms with Crippen LogP contribution in [0, 0.1) is 12.3 Å². The lowest BCUT2D eigenvalue weighted by Crippen LogP contribution is -2.44. The molecule has 0 unspecified atom stereocenters. The normalized spacial score (nSPS) is 13.4. The molecular formula is C17H25NO4. The number of carbonyl (C=O) groups excluding carboxylic acids is 1. The highest BCUT2D eigenvalue weighted by atomic mass is 16.6. The van der Waals surface area contributed by atoms with E-state index in [4.69, 9.17) is 4.74 Å². The molecule has 0 aliphatic heterocycles. The predicted octanol–water partition coefficient (Wildman–Crippen LogP) is 3.67. The van der Waals surface area contributed by atoms with Crippen LogP contribution in [0.3, 0.4) is 0 Å². The number of nitrogens with one attached hydrogen (secondary N) is 1. The van der Waals surface area contributed by atoms with Gasteiger partial charge in [0.1, 0.15) is 5.60 Å². The van der Waals surface area contributed by atoms with Crippen LogP contribution >= 0.6 is 0 Å². The van der Waals surface area contributed by atoms with Crippen LogP contribution in [0.1, 0.15) is 51.8 Å². The van der Waals surface area contributed by atoms with E-state index in [1.165, 1.54) is 0 Å². The highest BCUT2D eigenvalue weighted by molar-refractivity contribution is 5.77. The van der Waals surface area contributed by atoms with Crippen molar-refractivity contribution >= 4 is 12.1 Å². The van der Waals surface area contributed by atoms with Crippen molar-refractivity contribution in [3.05, 3.63) is 35.4 Å². The maximum absolute atomic E-state index is 12.1. The van der Waals surface area contributed by atoms with Gasteiger partial charge in [0.25, 0.3) is 0 Å². The Morgan fingerprint density at radius 2 is 1.59 bits per heavy atom. The van der Waals surface area contributed by atoms with Gasteiger partial charge in [0.15, 0.2) is 0 Å². The zero-order valence-corrected chi connectivity index (χ0v) is 14.1. The average molecular weight is 307 g/mol. The minimum atomic E-state index is -1.17. The van der Waals surface area contributed by atoms with E-state index in [2.05, 4.69) is 5.32 Å². The molecule has 0 aliphatic rings. The Balaban J connectivity index is 3.10. The molecule has 122 valence electrons. The van der Waals surface area contributed by atoms with Crippen LogP contribution in [0.15, 0.2) is 24.3 Å². The molecule has 0 saturated carbocycles. The summed E-state index contributed by atoms with van der Waals surface area (Å²) in [5.74, 6) is -0.992. The Morgan fingerprint density at radius 3 is 2.00 bits per heavy atom. The van der Waals surface area contributed by atoms with Gasteiger partial charge in [0.05, 0.1) is 11.5 Å². The smallest absolute Gasteiger partial charge is 0.408 e. The lowest BCUT2D eigenvalue weighted by Gasteiger charge is -2.32. The summed E-state index contributed by atoms with van der Waals surface area (Å²) in [5.41, 5.74) is -0.0294. The number of aliphatic carboxylic acids is 1. The second-order valence-electron chi connectivity index (χ2n) is 7.02. The zero-order chi connectivity index (χ0) is 17.1. The molecule has 2 N–H and O–H groups in total. The number of benzene rings is 1. The van der Waals surface area contributed by atoms with Crippen molar-refractivity contribution in [2.75, 3.05) is 0 Å². The fourth-order valence-electron chi connectivity index (χ4n) is 1.99. The van der Waals surface area contributed by atoms with Crippen LogP contribution in [0.5, 0.6) is 0 Å². The summed E-state index contributed by atoms with van der Waals surface area (Å²) in [6, 6.07) is 6.72. The van der Waals surface area contributed by atoms with Crippen molar-refractivity contribution in [2.45, 2.75) is 53.2 Å². The first-order valence-corrected chi connectivity index (χ1v) is 7.23. The molecule has 5 nitrogen and oxygen atoms in total. The van der Waals surface area contributed by atoms with Crippen molar-refractivity contribution in [1.82, 2.24) is 5.32 Å². The monoisotopic (exact) mass is 307 g/mol. The number of carbonyl (C=O) groups is 2. The van der Waals surface area contributed by atoms with Gasteiger partial charge in [0.2, 0.25) is 0 Å². The first kappa shape index (κ1) is 18.0. The Labute approximate surface area is 131 Å². The number of hydrogen-bond donors (Lipinski definition) is 2. The second kappa shape index (κ2) is 6.38. The van der Waals surface area contributed by atoms with Gasteiger partial charge in [-0.3, -0.25) is 4.79 Å². The van der Waals surface area contributed by atoms with Gasteiger partial charge < -0.3 is 15.2 Å². The van der Waals surface area contributed by atoms with E-state index < -0.39 is 29.1 Å². The third-order valence-electron chi connectivity index (χ3n) is 3.34. The maximum atomic E-state index is 12.1. The van der Waals surface area contributed by atoms with Crippen LogP contribution in [0.25, 0.3) is 0 Å². The van der Waals surface area contributed by atoms with E-state index in [0.717, 1.165) is 11.1 Å². The number of ether oxygens (including phenoxy) is 1. The summed E-state index contributed by atoms with van der Waals surface area (Å²) < 4.78 is 5.25. The van der Waals surface area contributed by atoms with E-state index >= 15 is 0 Å². The Hall–Kier alpha value is -2.04. The summed E-state index contributed by atoms with van der Waals surface area (Å²) >= 11 is 0. The van der Waals surface area contributed by atoms with Crippen molar-refractivity contribution < 1.29 is 19.4 Å². The Morgan fingerprint density at radius 1 is 1.09 bits per heavy atom. The first-order valence-electron chi connectivity index (χ1n) is 7.23. The minimum Gasteiger partial charge on any atom is -0.481 e. The van der Waals surface area contributed by atoms with E-state index in [1.54, 1.807) is 34.6 Å². The summed E-state index contributed by atoms with van der Waals surface area (Å²) in [4.78, 5) is 23.6. The first-order chi connectivity index (χ1) is 9.93. The molecule has 0 saturated heterocycles. The standard InChI is InChI=1S/C17H25NO4/c1-11-7-9-12(10-8-11)13(17(5,6)14(19)20)18-15(21)22-16(2,3)4/h7-10,13H,1-6H3,(H,18,21)(H,19,20)/t13-/m1/s1. The highest BCUT2D eigenvalue weighted by Crippen LogP contribution is 2.34. The van der Waals surface area contributed by atoms with Gasteiger partial charge in [-0.2, -0.15) is 0 Å². The number of alkyl carbamates (subject to hydrolysis) is 1. The molecule has 0 radical (unpaired) electrons. The molecule has 5 heteroatoms. The van der Waals surface area contributed by atoms with Gasteiger partial charge in [-0.15, -0.1) is 0 Å². The maximum Gasteiger partial charge on any atom is 0.408 e. The predicted molar refractivity (Wildman–Crippen MR) is 84.7 cm³/mol. The average Bonchev–Trinajstić information content (AvgIpc) is 2.34. The van der Waals surface area contributed by atoms with Crippen LogP contribution in [0.4, 0.5) is 4.79 Å². The number of carboxylic acid groups (broad SMARTS) is 1. The molecule has 22 heavy (non-hydrogen) atoms. The SMILES string of the molecule is Cc1ccc([C@@H](NC(=O)OC(C)(C)C)C(C)(C)C(=O)O)cc1. The van der Waals surface area contributed by atoms with Gasteiger partial charge in [-0.25, -0.2) is 4.79 Å². The minimum absolute atomic E-state index is 0.632. The fraction of sp³-hybridized carbons (Fsp3) is 0.529. The van der Waals surface area contributed by atoms with E-state index in [9.17, 15) is 14.7 Å². The summed E-state index contributed by atoms with van der Waals surface area (Å²) in [7, 11) is 0. The quantitative estimate of drug-likeness (QED) is 0.890. The third-order valence-corrected chi connectivity index (χ3v) is 3.34. The number of aryl methyl sites for hydroxylation is 1. The van der Waals surface area contributed by atoms with Crippen molar-refractivity contribution in [3.63, 3.8) is 0 Å². The van der Waals surface area contributed by atoms with Gasteiger partial charge in [-0.1, -0.05) is 29.8 Å². The van der Waals surface area contributed by atoms with Crippen molar-refractivity contribution in [1.29, 1.82) is 0 Å².